The van der Waals surface area contributed by atoms with E-state index in [1.807, 2.05) is 0 Å². The summed E-state index contributed by atoms with van der Waals surface area (Å²) in [7, 11) is 0. The predicted molar refractivity (Wildman–Crippen MR) is 110 cm³/mol. The van der Waals surface area contributed by atoms with Gasteiger partial charge in [-0.1, -0.05) is 27.4 Å². The molecule has 0 saturated heterocycles. The number of aliphatic hydroxyl groups is 2. The van der Waals surface area contributed by atoms with Gasteiger partial charge in [-0.05, 0) is 54.9 Å². The Morgan fingerprint density at radius 2 is 1.67 bits per heavy atom. The first-order valence-electron chi connectivity index (χ1n) is 11.2. The van der Waals surface area contributed by atoms with Crippen molar-refractivity contribution in [1.29, 1.82) is 0 Å². The van der Waals surface area contributed by atoms with Crippen LogP contribution < -0.4 is 0 Å². The molecule has 4 fully saturated rings. The summed E-state index contributed by atoms with van der Waals surface area (Å²) < 4.78 is 11.6. The lowest BCUT2D eigenvalue weighted by molar-refractivity contribution is -0.263. The van der Waals surface area contributed by atoms with Crippen molar-refractivity contribution >= 4 is 11.9 Å². The van der Waals surface area contributed by atoms with Gasteiger partial charge in [-0.3, -0.25) is 9.59 Å². The van der Waals surface area contributed by atoms with E-state index in [4.69, 9.17) is 9.47 Å². The Morgan fingerprint density at radius 3 is 2.27 bits per heavy atom. The lowest BCUT2D eigenvalue weighted by atomic mass is 9.39. The van der Waals surface area contributed by atoms with Gasteiger partial charge in [0.2, 0.25) is 0 Å². The summed E-state index contributed by atoms with van der Waals surface area (Å²) in [6, 6.07) is 0. The van der Waals surface area contributed by atoms with Gasteiger partial charge in [0, 0.05) is 30.6 Å². The van der Waals surface area contributed by atoms with Crippen molar-refractivity contribution < 1.29 is 29.3 Å². The van der Waals surface area contributed by atoms with E-state index in [1.54, 1.807) is 0 Å². The molecule has 0 unspecified atom stereocenters. The second-order valence-electron chi connectivity index (χ2n) is 11.2. The maximum absolute atomic E-state index is 12.1. The van der Waals surface area contributed by atoms with Crippen LogP contribution in [0, 0.1) is 34.0 Å². The fourth-order valence-electron chi connectivity index (χ4n) is 8.55. The molecule has 2 N–H and O–H groups in total. The summed E-state index contributed by atoms with van der Waals surface area (Å²) >= 11 is 0. The van der Waals surface area contributed by atoms with Crippen LogP contribution in [0.25, 0.3) is 0 Å². The molecular weight excluding hydrogens is 384 g/mol. The third-order valence-corrected chi connectivity index (χ3v) is 9.15. The minimum absolute atomic E-state index is 0.102. The molecule has 0 radical (unpaired) electrons. The average Bonchev–Trinajstić information content (AvgIpc) is 2.77. The van der Waals surface area contributed by atoms with Gasteiger partial charge in [0.1, 0.15) is 12.2 Å². The number of aliphatic hydroxyl groups excluding tert-OH is 2. The molecular formula is C24H36O6. The number of carbonyl (C=O) groups is 2. The van der Waals surface area contributed by atoms with Crippen molar-refractivity contribution in [3.8, 4) is 0 Å². The van der Waals surface area contributed by atoms with E-state index in [9.17, 15) is 19.8 Å². The molecule has 0 aromatic rings. The Labute approximate surface area is 179 Å². The van der Waals surface area contributed by atoms with Crippen LogP contribution in [0.3, 0.4) is 0 Å². The average molecular weight is 421 g/mol. The molecule has 0 aromatic heterocycles. The van der Waals surface area contributed by atoms with Crippen molar-refractivity contribution in [2.75, 3.05) is 0 Å². The van der Waals surface area contributed by atoms with Crippen LogP contribution in [-0.4, -0.2) is 46.6 Å². The minimum atomic E-state index is -0.699. The van der Waals surface area contributed by atoms with Gasteiger partial charge < -0.3 is 19.7 Å². The smallest absolute Gasteiger partial charge is 0.302 e. The normalized spacial score (nSPS) is 49.0. The standard InChI is InChI=1S/C24H36O6/c1-12-15-9-16(27)19-23(6)8-7-18(30-14(3)26)22(4,5)20(23)17(29-13(2)25)11-24(19,10-15)21(12)28/h15-21,27-28H,1,7-11H2,2-6H3/t15-,16+,17+,18+,19+,20-,21-,23+,24+/m1/s1. The SMILES string of the molecule is C=C1[C@@H]2C[C@H](O)[C@H]3[C@]4(C)CC[C@H](OC(C)=O)C(C)(C)[C@H]4[C@@H](OC(C)=O)C[C@]3(C2)[C@@H]1O. The summed E-state index contributed by atoms with van der Waals surface area (Å²) in [4.78, 5) is 23.9. The van der Waals surface area contributed by atoms with Crippen molar-refractivity contribution in [2.45, 2.75) is 91.1 Å². The first kappa shape index (κ1) is 21.8. The molecule has 4 rings (SSSR count). The molecule has 0 aromatic carbocycles. The van der Waals surface area contributed by atoms with Crippen LogP contribution in [0.1, 0.15) is 66.7 Å². The maximum atomic E-state index is 12.1. The zero-order valence-corrected chi connectivity index (χ0v) is 18.8. The fourth-order valence-corrected chi connectivity index (χ4v) is 8.55. The van der Waals surface area contributed by atoms with Crippen molar-refractivity contribution in [3.63, 3.8) is 0 Å². The van der Waals surface area contributed by atoms with Gasteiger partial charge in [0.15, 0.2) is 0 Å². The molecule has 4 aliphatic rings. The summed E-state index contributed by atoms with van der Waals surface area (Å²) in [6.07, 6.45) is 1.40. The van der Waals surface area contributed by atoms with Crippen LogP contribution >= 0.6 is 0 Å². The van der Waals surface area contributed by atoms with Gasteiger partial charge in [0.25, 0.3) is 0 Å². The molecule has 0 heterocycles. The zero-order chi connectivity index (χ0) is 22.2. The van der Waals surface area contributed by atoms with E-state index in [-0.39, 0.29) is 41.2 Å². The number of fused-ring (bicyclic) bond motifs is 3. The summed E-state index contributed by atoms with van der Waals surface area (Å²) in [5.74, 6) is -0.771. The monoisotopic (exact) mass is 420 g/mol. The molecule has 4 saturated carbocycles. The van der Waals surface area contributed by atoms with E-state index in [1.165, 1.54) is 13.8 Å². The first-order chi connectivity index (χ1) is 13.8. The fraction of sp³-hybridized carbons (Fsp3) is 0.833. The van der Waals surface area contributed by atoms with E-state index in [2.05, 4.69) is 27.4 Å². The van der Waals surface area contributed by atoms with Crippen LogP contribution in [0.2, 0.25) is 0 Å². The van der Waals surface area contributed by atoms with Crippen LogP contribution in [0.4, 0.5) is 0 Å². The molecule has 168 valence electrons. The highest BCUT2D eigenvalue weighted by Gasteiger charge is 2.72. The van der Waals surface area contributed by atoms with Crippen molar-refractivity contribution in [3.05, 3.63) is 12.2 Å². The Hall–Kier alpha value is -1.40. The number of rotatable bonds is 2. The van der Waals surface area contributed by atoms with Gasteiger partial charge in [-0.2, -0.15) is 0 Å². The highest BCUT2D eigenvalue weighted by molar-refractivity contribution is 5.66. The van der Waals surface area contributed by atoms with Crippen LogP contribution in [-0.2, 0) is 19.1 Å². The Balaban J connectivity index is 1.84. The maximum Gasteiger partial charge on any atom is 0.302 e. The van der Waals surface area contributed by atoms with E-state index < -0.39 is 29.1 Å². The quantitative estimate of drug-likeness (QED) is 0.527. The second kappa shape index (κ2) is 6.80. The molecule has 30 heavy (non-hydrogen) atoms. The number of hydrogen-bond donors (Lipinski definition) is 2. The number of carbonyl (C=O) groups excluding carboxylic acids is 2. The summed E-state index contributed by atoms with van der Waals surface area (Å²) in [5.41, 5.74) is -0.533. The van der Waals surface area contributed by atoms with Crippen LogP contribution in [0.15, 0.2) is 12.2 Å². The second-order valence-corrected chi connectivity index (χ2v) is 11.2. The molecule has 6 heteroatoms. The molecule has 2 bridgehead atoms. The lowest BCUT2D eigenvalue weighted by Gasteiger charge is -2.67. The lowest BCUT2D eigenvalue weighted by Crippen LogP contribution is -2.68. The van der Waals surface area contributed by atoms with E-state index >= 15 is 0 Å². The molecule has 0 aliphatic heterocycles. The van der Waals surface area contributed by atoms with Gasteiger partial charge in [0.05, 0.1) is 12.2 Å². The molecule has 1 spiro atoms. The highest BCUT2D eigenvalue weighted by Crippen LogP contribution is 2.72. The topological polar surface area (TPSA) is 93.1 Å². The van der Waals surface area contributed by atoms with Gasteiger partial charge >= 0.3 is 11.9 Å². The molecule has 6 nitrogen and oxygen atoms in total. The van der Waals surface area contributed by atoms with Crippen molar-refractivity contribution in [2.24, 2.45) is 34.0 Å². The number of ether oxygens (including phenoxy) is 2. The Kier molecular flexibility index (Phi) is 4.94. The largest absolute Gasteiger partial charge is 0.462 e. The van der Waals surface area contributed by atoms with E-state index in [0.29, 0.717) is 19.3 Å². The predicted octanol–water partition coefficient (Wildman–Crippen LogP) is 3.00. The summed E-state index contributed by atoms with van der Waals surface area (Å²) in [6.45, 7) is 13.4. The zero-order valence-electron chi connectivity index (χ0n) is 18.8. The van der Waals surface area contributed by atoms with Gasteiger partial charge in [-0.15, -0.1) is 0 Å². The van der Waals surface area contributed by atoms with Gasteiger partial charge in [-0.25, -0.2) is 0 Å². The third-order valence-electron chi connectivity index (χ3n) is 9.15. The Bertz CT molecular complexity index is 774. The number of hydrogen-bond acceptors (Lipinski definition) is 6. The molecule has 4 aliphatic carbocycles. The molecule has 9 atom stereocenters. The first-order valence-corrected chi connectivity index (χ1v) is 11.2. The van der Waals surface area contributed by atoms with Crippen LogP contribution in [0.5, 0.6) is 0 Å². The Morgan fingerprint density at radius 1 is 1.03 bits per heavy atom. The third kappa shape index (κ3) is 2.82. The van der Waals surface area contributed by atoms with Crippen molar-refractivity contribution in [1.82, 2.24) is 0 Å². The molecule has 0 amide bonds. The van der Waals surface area contributed by atoms with E-state index in [0.717, 1.165) is 18.4 Å². The minimum Gasteiger partial charge on any atom is -0.462 e. The summed E-state index contributed by atoms with van der Waals surface area (Å²) in [5, 5.41) is 22.6. The highest BCUT2D eigenvalue weighted by atomic mass is 16.6. The number of esters is 2.